The smallest absolute Gasteiger partial charge is 0.870 e. The van der Waals surface area contributed by atoms with Crippen molar-refractivity contribution < 1.29 is 71.9 Å². The van der Waals surface area contributed by atoms with E-state index in [1.807, 2.05) is 4.90 Å². The van der Waals surface area contributed by atoms with Crippen molar-refractivity contribution in [2.45, 2.75) is 110 Å². The molecule has 0 aliphatic carbocycles. The molecule has 6 heteroatoms. The maximum absolute atomic E-state index is 11.4. The normalized spacial score (nSPS) is 12.8. The minimum Gasteiger partial charge on any atom is -0.870 e. The molecule has 0 radical (unpaired) electrons. The number of unbranched alkanes of at least 4 members (excludes halogenated alkanes) is 12. The summed E-state index contributed by atoms with van der Waals surface area (Å²) in [5, 5.41) is 16.6. The molecule has 0 saturated carbocycles. The third-order valence-corrected chi connectivity index (χ3v) is 5.02. The van der Waals surface area contributed by atoms with Crippen molar-refractivity contribution in [2.24, 2.45) is 0 Å². The molecule has 1 saturated heterocycles. The van der Waals surface area contributed by atoms with Gasteiger partial charge in [-0.15, -0.1) is 0 Å². The molecule has 0 aromatic heterocycles. The molecule has 164 valence electrons. The maximum atomic E-state index is 11.4. The Kier molecular flexibility index (Phi) is 33.6. The average molecular weight is 428 g/mol. The number of carbonyl (C=O) groups is 1. The third-order valence-electron chi connectivity index (χ3n) is 5.02. The molecule has 5 nitrogen and oxygen atoms in total. The largest absolute Gasteiger partial charge is 1.00 e. The standard InChI is InChI=1S/C16H31NO.C6H14O2.K.H2O/c1-2-3-4-5-6-7-8-9-10-11-14-17-15-12-13-16(17)18;7-5-3-1-2-4-6-8;;/h2-15H2,1H3;7-8H,1-6H2;;1H2/q;;+1;/p-1. The van der Waals surface area contributed by atoms with Gasteiger partial charge in [0.1, 0.15) is 0 Å². The number of hydrogen-bond acceptors (Lipinski definition) is 4. The topological polar surface area (TPSA) is 90.8 Å². The molecule has 0 spiro atoms. The van der Waals surface area contributed by atoms with Crippen LogP contribution >= 0.6 is 0 Å². The first kappa shape index (κ1) is 33.6. The molecule has 0 aromatic carbocycles. The number of aliphatic hydroxyl groups excluding tert-OH is 2. The van der Waals surface area contributed by atoms with Gasteiger partial charge in [0, 0.05) is 32.7 Å². The Bertz CT molecular complexity index is 300. The second-order valence-corrected chi connectivity index (χ2v) is 7.53. The Hall–Kier alpha value is 0.986. The van der Waals surface area contributed by atoms with Gasteiger partial charge in [-0.25, -0.2) is 0 Å². The van der Waals surface area contributed by atoms with Gasteiger partial charge in [0.25, 0.3) is 0 Å². The van der Waals surface area contributed by atoms with Crippen LogP contribution in [0.15, 0.2) is 0 Å². The second-order valence-electron chi connectivity index (χ2n) is 7.53. The molecule has 0 unspecified atom stereocenters. The summed E-state index contributed by atoms with van der Waals surface area (Å²) in [6.07, 6.45) is 19.4. The first-order valence-electron chi connectivity index (χ1n) is 11.3. The van der Waals surface area contributed by atoms with Crippen LogP contribution in [-0.4, -0.2) is 52.8 Å². The van der Waals surface area contributed by atoms with Crippen molar-refractivity contribution in [1.29, 1.82) is 0 Å². The molecule has 1 heterocycles. The van der Waals surface area contributed by atoms with Crippen LogP contribution in [0.5, 0.6) is 0 Å². The molecular weight excluding hydrogens is 381 g/mol. The quantitative estimate of drug-likeness (QED) is 0.291. The van der Waals surface area contributed by atoms with Gasteiger partial charge in [-0.1, -0.05) is 77.6 Å². The van der Waals surface area contributed by atoms with Crippen LogP contribution in [0.4, 0.5) is 0 Å². The zero-order valence-corrected chi connectivity index (χ0v) is 22.0. The molecule has 1 rings (SSSR count). The Morgan fingerprint density at radius 1 is 0.750 bits per heavy atom. The maximum Gasteiger partial charge on any atom is 1.00 e. The minimum atomic E-state index is 0. The number of likely N-dealkylation sites (tertiary alicyclic amines) is 1. The van der Waals surface area contributed by atoms with E-state index >= 15 is 0 Å². The molecule has 28 heavy (non-hydrogen) atoms. The van der Waals surface area contributed by atoms with E-state index in [9.17, 15) is 4.79 Å². The summed E-state index contributed by atoms with van der Waals surface area (Å²) in [5.41, 5.74) is 0. The summed E-state index contributed by atoms with van der Waals surface area (Å²) in [6.45, 7) is 4.85. The fraction of sp³-hybridized carbons (Fsp3) is 0.955. The zero-order valence-electron chi connectivity index (χ0n) is 18.8. The van der Waals surface area contributed by atoms with Gasteiger partial charge in [-0.05, 0) is 25.7 Å². The third kappa shape index (κ3) is 23.3. The van der Waals surface area contributed by atoms with Gasteiger partial charge in [0.15, 0.2) is 0 Å². The molecule has 1 aliphatic rings. The van der Waals surface area contributed by atoms with E-state index < -0.39 is 0 Å². The van der Waals surface area contributed by atoms with Crippen molar-refractivity contribution in [3.05, 3.63) is 0 Å². The van der Waals surface area contributed by atoms with Crippen molar-refractivity contribution in [3.8, 4) is 0 Å². The summed E-state index contributed by atoms with van der Waals surface area (Å²) in [6, 6.07) is 0. The Morgan fingerprint density at radius 3 is 1.57 bits per heavy atom. The summed E-state index contributed by atoms with van der Waals surface area (Å²) in [5.74, 6) is 0.380. The number of hydrogen-bond donors (Lipinski definition) is 2. The van der Waals surface area contributed by atoms with Crippen molar-refractivity contribution in [1.82, 2.24) is 4.90 Å². The van der Waals surface area contributed by atoms with Gasteiger partial charge in [-0.2, -0.15) is 0 Å². The van der Waals surface area contributed by atoms with Crippen LogP contribution < -0.4 is 51.4 Å². The van der Waals surface area contributed by atoms with E-state index in [0.717, 1.165) is 51.6 Å². The molecule has 0 atom stereocenters. The fourth-order valence-electron chi connectivity index (χ4n) is 3.31. The first-order valence-corrected chi connectivity index (χ1v) is 11.3. The Labute approximate surface area is 216 Å². The van der Waals surface area contributed by atoms with Crippen LogP contribution in [0.3, 0.4) is 0 Å². The number of aliphatic hydroxyl groups is 2. The van der Waals surface area contributed by atoms with E-state index in [-0.39, 0.29) is 70.1 Å². The Balaban J connectivity index is -0.000000537. The van der Waals surface area contributed by atoms with Crippen molar-refractivity contribution in [2.75, 3.05) is 26.3 Å². The average Bonchev–Trinajstić information content (AvgIpc) is 3.06. The predicted molar refractivity (Wildman–Crippen MR) is 112 cm³/mol. The van der Waals surface area contributed by atoms with Crippen LogP contribution in [0.1, 0.15) is 110 Å². The SMILES string of the molecule is CCCCCCCCCCCCN1CCCC1=O.OCCCCCCO.[K+].[OH-]. The molecule has 0 aromatic rings. The van der Waals surface area contributed by atoms with E-state index in [4.69, 9.17) is 10.2 Å². The molecule has 1 amide bonds. The van der Waals surface area contributed by atoms with Crippen LogP contribution in [-0.2, 0) is 4.79 Å². The van der Waals surface area contributed by atoms with Gasteiger partial charge in [0.05, 0.1) is 0 Å². The second kappa shape index (κ2) is 28.0. The van der Waals surface area contributed by atoms with Crippen molar-refractivity contribution in [3.63, 3.8) is 0 Å². The van der Waals surface area contributed by atoms with Crippen LogP contribution in [0, 0.1) is 0 Å². The van der Waals surface area contributed by atoms with Gasteiger partial charge in [-0.3, -0.25) is 4.79 Å². The molecular formula is C22H46KNO4. The molecule has 1 aliphatic heterocycles. The number of nitrogens with zero attached hydrogens (tertiary/aromatic N) is 1. The molecule has 3 N–H and O–H groups in total. The van der Waals surface area contributed by atoms with Crippen molar-refractivity contribution >= 4 is 5.91 Å². The number of rotatable bonds is 16. The van der Waals surface area contributed by atoms with Gasteiger partial charge >= 0.3 is 51.4 Å². The molecule has 1 fully saturated rings. The van der Waals surface area contributed by atoms with Gasteiger partial charge < -0.3 is 20.6 Å². The summed E-state index contributed by atoms with van der Waals surface area (Å²) in [7, 11) is 0. The summed E-state index contributed by atoms with van der Waals surface area (Å²) < 4.78 is 0. The fourth-order valence-corrected chi connectivity index (χ4v) is 3.31. The molecule has 0 bridgehead atoms. The minimum absolute atomic E-state index is 0. The predicted octanol–water partition coefficient (Wildman–Crippen LogP) is 1.89. The van der Waals surface area contributed by atoms with E-state index in [2.05, 4.69) is 6.92 Å². The Morgan fingerprint density at radius 2 is 1.18 bits per heavy atom. The summed E-state index contributed by atoms with van der Waals surface area (Å²) in [4.78, 5) is 13.4. The monoisotopic (exact) mass is 427 g/mol. The summed E-state index contributed by atoms with van der Waals surface area (Å²) >= 11 is 0. The van der Waals surface area contributed by atoms with Gasteiger partial charge in [0.2, 0.25) is 5.91 Å². The zero-order chi connectivity index (χ0) is 19.3. The van der Waals surface area contributed by atoms with Crippen LogP contribution in [0.2, 0.25) is 0 Å². The number of amides is 1. The number of carbonyl (C=O) groups excluding carboxylic acids is 1. The van der Waals surface area contributed by atoms with E-state index in [1.54, 1.807) is 0 Å². The van der Waals surface area contributed by atoms with Crippen LogP contribution in [0.25, 0.3) is 0 Å². The van der Waals surface area contributed by atoms with E-state index in [1.165, 1.54) is 64.2 Å². The first-order chi connectivity index (χ1) is 12.8. The van der Waals surface area contributed by atoms with E-state index in [0.29, 0.717) is 5.91 Å².